The summed E-state index contributed by atoms with van der Waals surface area (Å²) in [6.07, 6.45) is 4.93. The fourth-order valence-electron chi connectivity index (χ4n) is 2.30. The number of aromatic nitrogens is 2. The van der Waals surface area contributed by atoms with Gasteiger partial charge in [0.1, 0.15) is 10.6 Å². The number of nitrogens with one attached hydrogen (secondary N) is 1. The highest BCUT2D eigenvalue weighted by Gasteiger charge is 2.31. The molecule has 2 aromatic rings. The Morgan fingerprint density at radius 2 is 2.32 bits per heavy atom. The van der Waals surface area contributed by atoms with Crippen LogP contribution in [0.1, 0.15) is 32.6 Å². The summed E-state index contributed by atoms with van der Waals surface area (Å²) < 4.78 is 0. The molecule has 0 saturated heterocycles. The van der Waals surface area contributed by atoms with E-state index in [0.717, 1.165) is 22.6 Å². The summed E-state index contributed by atoms with van der Waals surface area (Å²) in [6, 6.07) is 2.76. The van der Waals surface area contributed by atoms with Crippen molar-refractivity contribution in [2.75, 3.05) is 16.9 Å². The van der Waals surface area contributed by atoms with Crippen LogP contribution >= 0.6 is 11.3 Å². The molecule has 0 unspecified atom stereocenters. The van der Waals surface area contributed by atoms with Crippen molar-refractivity contribution in [1.29, 1.82) is 0 Å². The Hall–Kier alpha value is -1.40. The first kappa shape index (κ1) is 12.6. The van der Waals surface area contributed by atoms with Gasteiger partial charge < -0.3 is 4.90 Å². The molecule has 0 atom stereocenters. The molecule has 2 heterocycles. The number of thiophene rings is 1. The van der Waals surface area contributed by atoms with Crippen LogP contribution in [0.5, 0.6) is 0 Å². The Labute approximate surface area is 116 Å². The molecular weight excluding hydrogens is 258 g/mol. The van der Waals surface area contributed by atoms with Crippen LogP contribution in [0, 0.1) is 0 Å². The van der Waals surface area contributed by atoms with E-state index in [1.165, 1.54) is 25.7 Å². The maximum Gasteiger partial charge on any atom is 0.240 e. The molecule has 6 heteroatoms. The summed E-state index contributed by atoms with van der Waals surface area (Å²) >= 11 is 1.63. The fraction of sp³-hybridized carbons (Fsp3) is 0.538. The molecule has 0 aliphatic heterocycles. The average Bonchev–Trinajstić information content (AvgIpc) is 3.16. The number of unbranched alkanes of at least 4 members (excludes halogenated alkanes) is 1. The largest absolute Gasteiger partial charge is 0.353 e. The lowest BCUT2D eigenvalue weighted by Gasteiger charge is -2.24. The molecular formula is C13H19N5S. The topological polar surface area (TPSA) is 67.1 Å². The SMILES string of the molecule is CCCCN(c1nc(NN)nc2sccc12)C1CC1. The smallest absolute Gasteiger partial charge is 0.240 e. The van der Waals surface area contributed by atoms with Crippen LogP contribution < -0.4 is 16.2 Å². The van der Waals surface area contributed by atoms with Crippen molar-refractivity contribution in [1.82, 2.24) is 9.97 Å². The fourth-order valence-corrected chi connectivity index (χ4v) is 3.06. The van der Waals surface area contributed by atoms with Crippen LogP contribution in [-0.4, -0.2) is 22.6 Å². The second-order valence-corrected chi connectivity index (χ2v) is 5.83. The molecule has 5 nitrogen and oxygen atoms in total. The maximum atomic E-state index is 5.48. The van der Waals surface area contributed by atoms with E-state index in [-0.39, 0.29) is 0 Å². The van der Waals surface area contributed by atoms with Gasteiger partial charge in [0.2, 0.25) is 5.95 Å². The van der Waals surface area contributed by atoms with E-state index >= 15 is 0 Å². The van der Waals surface area contributed by atoms with Crippen molar-refractivity contribution < 1.29 is 0 Å². The molecule has 0 aromatic carbocycles. The molecule has 1 saturated carbocycles. The molecule has 2 aromatic heterocycles. The molecule has 0 radical (unpaired) electrons. The highest BCUT2D eigenvalue weighted by Crippen LogP contribution is 2.36. The highest BCUT2D eigenvalue weighted by atomic mass is 32.1. The van der Waals surface area contributed by atoms with E-state index in [1.807, 2.05) is 0 Å². The van der Waals surface area contributed by atoms with Gasteiger partial charge in [-0.15, -0.1) is 11.3 Å². The predicted octanol–water partition coefficient (Wildman–Crippen LogP) is 2.75. The zero-order valence-corrected chi connectivity index (χ0v) is 11.9. The Morgan fingerprint density at radius 1 is 1.47 bits per heavy atom. The minimum atomic E-state index is 0.507. The van der Waals surface area contributed by atoms with E-state index in [1.54, 1.807) is 11.3 Å². The zero-order valence-electron chi connectivity index (χ0n) is 11.1. The summed E-state index contributed by atoms with van der Waals surface area (Å²) in [4.78, 5) is 12.4. The van der Waals surface area contributed by atoms with E-state index in [9.17, 15) is 0 Å². The summed E-state index contributed by atoms with van der Waals surface area (Å²) in [7, 11) is 0. The van der Waals surface area contributed by atoms with Crippen molar-refractivity contribution in [3.05, 3.63) is 11.4 Å². The van der Waals surface area contributed by atoms with Crippen LogP contribution in [0.2, 0.25) is 0 Å². The van der Waals surface area contributed by atoms with E-state index < -0.39 is 0 Å². The van der Waals surface area contributed by atoms with Crippen LogP contribution in [0.15, 0.2) is 11.4 Å². The number of rotatable bonds is 6. The van der Waals surface area contributed by atoms with Gasteiger partial charge in [-0.2, -0.15) is 4.98 Å². The number of hydrazine groups is 1. The minimum absolute atomic E-state index is 0.507. The first-order chi connectivity index (χ1) is 9.33. The number of nitrogen functional groups attached to an aromatic ring is 1. The van der Waals surface area contributed by atoms with Gasteiger partial charge in [-0.05, 0) is 30.7 Å². The number of anilines is 2. The van der Waals surface area contributed by atoms with Crippen molar-refractivity contribution >= 4 is 33.3 Å². The van der Waals surface area contributed by atoms with Gasteiger partial charge in [0.15, 0.2) is 0 Å². The highest BCUT2D eigenvalue weighted by molar-refractivity contribution is 7.16. The predicted molar refractivity (Wildman–Crippen MR) is 80.5 cm³/mol. The molecule has 1 aliphatic rings. The van der Waals surface area contributed by atoms with Crippen molar-refractivity contribution in [3.63, 3.8) is 0 Å². The number of nitrogens with two attached hydrogens (primary N) is 1. The van der Waals surface area contributed by atoms with Crippen LogP contribution in [0.3, 0.4) is 0 Å². The van der Waals surface area contributed by atoms with Gasteiger partial charge in [-0.25, -0.2) is 10.8 Å². The Kier molecular flexibility index (Phi) is 3.52. The van der Waals surface area contributed by atoms with Crippen LogP contribution in [0.25, 0.3) is 10.2 Å². The summed E-state index contributed by atoms with van der Waals surface area (Å²) in [5, 5.41) is 3.21. The summed E-state index contributed by atoms with van der Waals surface area (Å²) in [6.45, 7) is 3.28. The third-order valence-electron chi connectivity index (χ3n) is 3.45. The van der Waals surface area contributed by atoms with Crippen LogP contribution in [-0.2, 0) is 0 Å². The summed E-state index contributed by atoms with van der Waals surface area (Å²) in [5.41, 5.74) is 2.58. The molecule has 102 valence electrons. The zero-order chi connectivity index (χ0) is 13.2. The van der Waals surface area contributed by atoms with Gasteiger partial charge in [0, 0.05) is 12.6 Å². The molecule has 19 heavy (non-hydrogen) atoms. The number of hydrogen-bond acceptors (Lipinski definition) is 6. The average molecular weight is 277 g/mol. The van der Waals surface area contributed by atoms with Gasteiger partial charge in [0.25, 0.3) is 0 Å². The first-order valence-electron chi connectivity index (χ1n) is 6.82. The molecule has 1 fully saturated rings. The lowest BCUT2D eigenvalue weighted by Crippen LogP contribution is -2.28. The lowest BCUT2D eigenvalue weighted by molar-refractivity contribution is 0.707. The van der Waals surface area contributed by atoms with E-state index in [2.05, 4.69) is 38.7 Å². The third kappa shape index (κ3) is 2.50. The van der Waals surface area contributed by atoms with E-state index in [0.29, 0.717) is 12.0 Å². The normalized spacial score (nSPS) is 14.8. The quantitative estimate of drug-likeness (QED) is 0.628. The standard InChI is InChI=1S/C13H19N5S/c1-2-3-7-18(9-4-5-9)11-10-6-8-19-12(10)16-13(15-11)17-14/h6,8-9H,2-5,7,14H2,1H3,(H,15,16,17). The number of fused-ring (bicyclic) bond motifs is 1. The Morgan fingerprint density at radius 3 is 3.00 bits per heavy atom. The molecule has 0 spiro atoms. The molecule has 0 bridgehead atoms. The molecule has 3 rings (SSSR count). The minimum Gasteiger partial charge on any atom is -0.353 e. The van der Waals surface area contributed by atoms with Crippen molar-refractivity contribution in [3.8, 4) is 0 Å². The van der Waals surface area contributed by atoms with Gasteiger partial charge in [0.05, 0.1) is 5.39 Å². The molecule has 0 amide bonds. The van der Waals surface area contributed by atoms with Crippen molar-refractivity contribution in [2.24, 2.45) is 5.84 Å². The van der Waals surface area contributed by atoms with Gasteiger partial charge in [-0.1, -0.05) is 13.3 Å². The second kappa shape index (κ2) is 5.30. The van der Waals surface area contributed by atoms with Gasteiger partial charge in [-0.3, -0.25) is 5.43 Å². The Bertz CT molecular complexity index is 563. The Balaban J connectivity index is 2.02. The van der Waals surface area contributed by atoms with Crippen LogP contribution in [0.4, 0.5) is 11.8 Å². The van der Waals surface area contributed by atoms with Crippen molar-refractivity contribution in [2.45, 2.75) is 38.6 Å². The molecule has 1 aliphatic carbocycles. The lowest BCUT2D eigenvalue weighted by atomic mass is 10.2. The number of hydrogen-bond donors (Lipinski definition) is 2. The summed E-state index contributed by atoms with van der Waals surface area (Å²) in [5.74, 6) is 7.03. The first-order valence-corrected chi connectivity index (χ1v) is 7.70. The van der Waals surface area contributed by atoms with E-state index in [4.69, 9.17) is 5.84 Å². The van der Waals surface area contributed by atoms with Gasteiger partial charge >= 0.3 is 0 Å². The monoisotopic (exact) mass is 277 g/mol. The number of nitrogens with zero attached hydrogens (tertiary/aromatic N) is 3. The second-order valence-electron chi connectivity index (χ2n) is 4.93. The molecule has 3 N–H and O–H groups in total. The third-order valence-corrected chi connectivity index (χ3v) is 4.25. The maximum absolute atomic E-state index is 5.48.